The zero-order valence-corrected chi connectivity index (χ0v) is 32.7. The molecule has 0 spiro atoms. The van der Waals surface area contributed by atoms with Gasteiger partial charge in [0.2, 0.25) is 0 Å². The molecule has 0 saturated carbocycles. The summed E-state index contributed by atoms with van der Waals surface area (Å²) in [4.78, 5) is 0. The van der Waals surface area contributed by atoms with Crippen molar-refractivity contribution in [2.24, 2.45) is 0 Å². The van der Waals surface area contributed by atoms with E-state index in [1.54, 1.807) is 21.0 Å². The molecule has 1 heteroatoms. The molecule has 8 rings (SSSR count). The van der Waals surface area contributed by atoms with E-state index in [-0.39, 0.29) is 10.8 Å². The SMILES string of the molecule is CC(C)(C)c1ccc2c(c1)Cc1c-2ccc(C(C)(C)C)[c]1[Hf](=[C](c1ccccc1)c1ccccc1)[c]1cccc2c1Cc1ccccc1-2. The maximum atomic E-state index is 2.53. The molecule has 6 aromatic rings. The van der Waals surface area contributed by atoms with E-state index in [1.807, 2.05) is 0 Å². The summed E-state index contributed by atoms with van der Waals surface area (Å²) in [5, 5.41) is 0. The predicted octanol–water partition coefficient (Wildman–Crippen LogP) is 10.3. The minimum absolute atomic E-state index is 0.00499. The summed E-state index contributed by atoms with van der Waals surface area (Å²) in [5.41, 5.74) is 17.7. The van der Waals surface area contributed by atoms with Crippen LogP contribution < -0.4 is 6.64 Å². The summed E-state index contributed by atoms with van der Waals surface area (Å²) in [6, 6.07) is 51.4. The fourth-order valence-electron chi connectivity index (χ4n) is 8.10. The van der Waals surface area contributed by atoms with Crippen LogP contribution in [0.3, 0.4) is 0 Å². The van der Waals surface area contributed by atoms with Gasteiger partial charge in [0.15, 0.2) is 0 Å². The molecule has 0 aliphatic heterocycles. The third-order valence-corrected chi connectivity index (χ3v) is 21.8. The van der Waals surface area contributed by atoms with Crippen molar-refractivity contribution in [1.82, 2.24) is 0 Å². The fourth-order valence-corrected chi connectivity index (χ4v) is 21.5. The normalized spacial score (nSPS) is 13.0. The van der Waals surface area contributed by atoms with Crippen LogP contribution in [0.1, 0.15) is 86.1 Å². The average molecular weight is 787 g/mol. The van der Waals surface area contributed by atoms with Crippen LogP contribution in [0.4, 0.5) is 0 Å². The fraction of sp³-hybridized carbons (Fsp3) is 0.213. The Hall–Kier alpha value is -3.94. The molecule has 0 bridgehead atoms. The Kier molecular flexibility index (Phi) is 7.76. The Morgan fingerprint density at radius 1 is 0.479 bits per heavy atom. The molecule has 0 nitrogen and oxygen atoms in total. The first-order chi connectivity index (χ1) is 23.1. The first-order valence-electron chi connectivity index (χ1n) is 17.5. The second kappa shape index (κ2) is 11.9. The zero-order valence-electron chi connectivity index (χ0n) is 29.1. The molecular weight excluding hydrogens is 743 g/mol. The van der Waals surface area contributed by atoms with Crippen molar-refractivity contribution in [1.29, 1.82) is 0 Å². The van der Waals surface area contributed by atoms with Crippen LogP contribution in [0.15, 0.2) is 133 Å². The Labute approximate surface area is 294 Å². The van der Waals surface area contributed by atoms with Crippen LogP contribution in [-0.4, -0.2) is 3.26 Å². The number of rotatable bonds is 4. The summed E-state index contributed by atoms with van der Waals surface area (Å²) in [7, 11) is 0. The van der Waals surface area contributed by atoms with Gasteiger partial charge in [0.1, 0.15) is 0 Å². The van der Waals surface area contributed by atoms with Crippen molar-refractivity contribution in [2.75, 3.05) is 0 Å². The molecule has 0 N–H and O–H groups in total. The van der Waals surface area contributed by atoms with E-state index in [2.05, 4.69) is 175 Å². The van der Waals surface area contributed by atoms with Crippen LogP contribution >= 0.6 is 0 Å². The molecular formula is C47H44Hf. The Morgan fingerprint density at radius 2 is 1.04 bits per heavy atom. The Morgan fingerprint density at radius 3 is 1.71 bits per heavy atom. The maximum absolute atomic E-state index is 3.30. The summed E-state index contributed by atoms with van der Waals surface area (Å²) >= 11 is -3.30. The van der Waals surface area contributed by atoms with Gasteiger partial charge in [-0.25, -0.2) is 0 Å². The molecule has 0 amide bonds. The minimum atomic E-state index is -3.30. The van der Waals surface area contributed by atoms with E-state index < -0.39 is 21.0 Å². The number of hydrogen-bond acceptors (Lipinski definition) is 0. The first-order valence-corrected chi connectivity index (χ1v) is 22.8. The van der Waals surface area contributed by atoms with Gasteiger partial charge in [-0.05, 0) is 0 Å². The second-order valence-electron chi connectivity index (χ2n) is 15.7. The topological polar surface area (TPSA) is 0 Å². The van der Waals surface area contributed by atoms with E-state index in [0.29, 0.717) is 0 Å². The summed E-state index contributed by atoms with van der Waals surface area (Å²) in [6.07, 6.45) is 2.02. The van der Waals surface area contributed by atoms with E-state index in [1.165, 1.54) is 55.6 Å². The standard InChI is InChI=1S/C21H25.C13H9.C13H10.Hf/c1-20(2,3)16-7-9-18-14(12-16)11-15-13-17(21(4,5)6)8-10-19(15)18;1-3-7-12-10(5-1)9-11-6-2-4-8-13(11)12;1-3-7-12(8-4-1)11-13-9-5-2-6-10-13;/h7-10,12H,11H2,1-6H3;1-5,7-8H,9H2;1-10H;. The van der Waals surface area contributed by atoms with Crippen LogP contribution in [-0.2, 0) is 44.6 Å². The molecule has 236 valence electrons. The van der Waals surface area contributed by atoms with E-state index in [0.717, 1.165) is 12.8 Å². The van der Waals surface area contributed by atoms with Crippen molar-refractivity contribution in [3.05, 3.63) is 178 Å². The van der Waals surface area contributed by atoms with Crippen LogP contribution in [0.2, 0.25) is 0 Å². The average Bonchev–Trinajstić information content (AvgIpc) is 3.65. The quantitative estimate of drug-likeness (QED) is 0.156. The van der Waals surface area contributed by atoms with Gasteiger partial charge in [0.05, 0.1) is 0 Å². The molecule has 2 aliphatic carbocycles. The van der Waals surface area contributed by atoms with Crippen molar-refractivity contribution in [3.63, 3.8) is 0 Å². The first kappa shape index (κ1) is 31.3. The number of benzene rings is 6. The van der Waals surface area contributed by atoms with Gasteiger partial charge >= 0.3 is 296 Å². The molecule has 0 heterocycles. The summed E-state index contributed by atoms with van der Waals surface area (Å²) < 4.78 is 4.93. The van der Waals surface area contributed by atoms with Gasteiger partial charge in [0.25, 0.3) is 0 Å². The molecule has 0 atom stereocenters. The Balaban J connectivity index is 1.52. The van der Waals surface area contributed by atoms with Gasteiger partial charge in [-0.1, -0.05) is 0 Å². The van der Waals surface area contributed by atoms with Crippen molar-refractivity contribution < 1.29 is 21.0 Å². The molecule has 0 fully saturated rings. The summed E-state index contributed by atoms with van der Waals surface area (Å²) in [5.74, 6) is 0. The van der Waals surface area contributed by atoms with Crippen LogP contribution in [0, 0.1) is 0 Å². The third kappa shape index (κ3) is 5.36. The van der Waals surface area contributed by atoms with E-state index >= 15 is 0 Å². The molecule has 6 aromatic carbocycles. The molecule has 0 aromatic heterocycles. The number of fused-ring (bicyclic) bond motifs is 6. The van der Waals surface area contributed by atoms with E-state index in [9.17, 15) is 0 Å². The van der Waals surface area contributed by atoms with Gasteiger partial charge in [0, 0.05) is 0 Å². The van der Waals surface area contributed by atoms with Crippen LogP contribution in [0.25, 0.3) is 22.3 Å². The van der Waals surface area contributed by atoms with E-state index in [4.69, 9.17) is 0 Å². The van der Waals surface area contributed by atoms with Crippen molar-refractivity contribution >= 4 is 9.90 Å². The van der Waals surface area contributed by atoms with Crippen molar-refractivity contribution in [3.8, 4) is 22.3 Å². The van der Waals surface area contributed by atoms with Crippen molar-refractivity contribution in [2.45, 2.75) is 65.2 Å². The molecule has 0 radical (unpaired) electrons. The zero-order chi connectivity index (χ0) is 33.2. The molecule has 0 saturated heterocycles. The van der Waals surface area contributed by atoms with Gasteiger partial charge in [-0.3, -0.25) is 0 Å². The molecule has 48 heavy (non-hydrogen) atoms. The van der Waals surface area contributed by atoms with Gasteiger partial charge in [-0.15, -0.1) is 0 Å². The molecule has 0 unspecified atom stereocenters. The Bertz CT molecular complexity index is 2180. The van der Waals surface area contributed by atoms with Crippen LogP contribution in [0.5, 0.6) is 0 Å². The predicted molar refractivity (Wildman–Crippen MR) is 202 cm³/mol. The molecule has 2 aliphatic rings. The van der Waals surface area contributed by atoms with Gasteiger partial charge in [-0.2, -0.15) is 0 Å². The monoisotopic (exact) mass is 788 g/mol. The number of hydrogen-bond donors (Lipinski definition) is 0. The third-order valence-electron chi connectivity index (χ3n) is 10.5. The summed E-state index contributed by atoms with van der Waals surface area (Å²) in [6.45, 7) is 14.3. The second-order valence-corrected chi connectivity index (χ2v) is 23.9. The van der Waals surface area contributed by atoms with Gasteiger partial charge < -0.3 is 0 Å².